The van der Waals surface area contributed by atoms with Crippen LogP contribution in [0.5, 0.6) is 0 Å². The van der Waals surface area contributed by atoms with Crippen molar-refractivity contribution < 1.29 is 4.79 Å². The van der Waals surface area contributed by atoms with Crippen molar-refractivity contribution in [1.82, 2.24) is 9.97 Å². The van der Waals surface area contributed by atoms with E-state index in [9.17, 15) is 4.79 Å². The van der Waals surface area contributed by atoms with Gasteiger partial charge in [-0.3, -0.25) is 10.1 Å². The molecule has 2 rings (SSSR count). The van der Waals surface area contributed by atoms with Crippen LogP contribution in [0, 0.1) is 6.07 Å². The fourth-order valence-electron chi connectivity index (χ4n) is 1.38. The number of aromatic nitrogens is 2. The summed E-state index contributed by atoms with van der Waals surface area (Å²) in [5.41, 5.74) is 1.77. The van der Waals surface area contributed by atoms with Crippen molar-refractivity contribution in [3.63, 3.8) is 0 Å². The second kappa shape index (κ2) is 5.72. The maximum atomic E-state index is 10.9. The van der Waals surface area contributed by atoms with Gasteiger partial charge in [0.2, 0.25) is 11.9 Å². The Morgan fingerprint density at radius 3 is 3.00 bits per heavy atom. The summed E-state index contributed by atoms with van der Waals surface area (Å²) in [6.07, 6.45) is 5.39. The average molecular weight is 238 g/mol. The van der Waals surface area contributed by atoms with Crippen LogP contribution in [0.3, 0.4) is 0 Å². The largest absolute Gasteiger partial charge is 0.295 e. The van der Waals surface area contributed by atoms with Gasteiger partial charge in [0.05, 0.1) is 5.69 Å². The zero-order valence-corrected chi connectivity index (χ0v) is 9.92. The standard InChI is InChI=1S/C14H12N3O/c1-11(18)16-14-15-10-9-13(17-14)8-7-12-5-3-2-4-6-12/h2-3,5-10H,1H3,(H,15,16,17,18). The second-order valence-corrected chi connectivity index (χ2v) is 3.66. The lowest BCUT2D eigenvalue weighted by Gasteiger charge is -2.00. The van der Waals surface area contributed by atoms with Gasteiger partial charge in [-0.25, -0.2) is 9.97 Å². The van der Waals surface area contributed by atoms with Crippen LogP contribution >= 0.6 is 0 Å². The van der Waals surface area contributed by atoms with E-state index in [1.165, 1.54) is 6.92 Å². The summed E-state index contributed by atoms with van der Waals surface area (Å²) in [5.74, 6) is 0.123. The Hall–Kier alpha value is -2.49. The van der Waals surface area contributed by atoms with Gasteiger partial charge in [0.25, 0.3) is 0 Å². The molecule has 1 N–H and O–H groups in total. The van der Waals surface area contributed by atoms with E-state index in [1.54, 1.807) is 12.3 Å². The molecule has 18 heavy (non-hydrogen) atoms. The van der Waals surface area contributed by atoms with E-state index in [0.29, 0.717) is 5.95 Å². The average Bonchev–Trinajstić information content (AvgIpc) is 2.37. The highest BCUT2D eigenvalue weighted by atomic mass is 16.1. The lowest BCUT2D eigenvalue weighted by molar-refractivity contribution is -0.114. The van der Waals surface area contributed by atoms with Crippen LogP contribution in [0.15, 0.2) is 36.5 Å². The van der Waals surface area contributed by atoms with Crippen LogP contribution in [0.4, 0.5) is 5.95 Å². The number of nitrogens with one attached hydrogen (secondary N) is 1. The molecule has 0 fully saturated rings. The van der Waals surface area contributed by atoms with E-state index >= 15 is 0 Å². The molecule has 0 aliphatic heterocycles. The summed E-state index contributed by atoms with van der Waals surface area (Å²) in [4.78, 5) is 19.0. The quantitative estimate of drug-likeness (QED) is 0.893. The van der Waals surface area contributed by atoms with Gasteiger partial charge in [-0.2, -0.15) is 0 Å². The molecule has 1 aromatic heterocycles. The topological polar surface area (TPSA) is 54.9 Å². The van der Waals surface area contributed by atoms with Gasteiger partial charge < -0.3 is 0 Å². The summed E-state index contributed by atoms with van der Waals surface area (Å²) < 4.78 is 0. The van der Waals surface area contributed by atoms with Crippen LogP contribution in [-0.2, 0) is 4.79 Å². The first-order chi connectivity index (χ1) is 8.74. The summed E-state index contributed by atoms with van der Waals surface area (Å²) in [6, 6.07) is 12.4. The number of hydrogen-bond donors (Lipinski definition) is 1. The Morgan fingerprint density at radius 2 is 2.28 bits per heavy atom. The molecular weight excluding hydrogens is 226 g/mol. The fourth-order valence-corrected chi connectivity index (χ4v) is 1.38. The van der Waals surface area contributed by atoms with Crippen LogP contribution in [0.25, 0.3) is 12.2 Å². The smallest absolute Gasteiger partial charge is 0.229 e. The Labute approximate surface area is 105 Å². The van der Waals surface area contributed by atoms with E-state index in [-0.39, 0.29) is 5.91 Å². The van der Waals surface area contributed by atoms with Crippen molar-refractivity contribution in [2.45, 2.75) is 6.92 Å². The maximum absolute atomic E-state index is 10.9. The fraction of sp³-hybridized carbons (Fsp3) is 0.0714. The third-order valence-corrected chi connectivity index (χ3v) is 2.14. The number of amides is 1. The molecule has 4 nitrogen and oxygen atoms in total. The molecular formula is C14H12N3O. The van der Waals surface area contributed by atoms with Crippen LogP contribution in [0.1, 0.15) is 18.2 Å². The third kappa shape index (κ3) is 3.52. The first-order valence-corrected chi connectivity index (χ1v) is 5.49. The van der Waals surface area contributed by atoms with E-state index in [1.807, 2.05) is 36.4 Å². The molecule has 1 aromatic carbocycles. The first-order valence-electron chi connectivity index (χ1n) is 5.49. The molecule has 4 heteroatoms. The van der Waals surface area contributed by atoms with Crippen LogP contribution < -0.4 is 5.32 Å². The Balaban J connectivity index is 2.14. The van der Waals surface area contributed by atoms with Crippen molar-refractivity contribution in [1.29, 1.82) is 0 Å². The zero-order valence-electron chi connectivity index (χ0n) is 9.92. The predicted octanol–water partition coefficient (Wildman–Crippen LogP) is 2.41. The molecule has 89 valence electrons. The highest BCUT2D eigenvalue weighted by Gasteiger charge is 1.98. The minimum Gasteiger partial charge on any atom is -0.295 e. The lowest BCUT2D eigenvalue weighted by Crippen LogP contribution is -2.09. The van der Waals surface area contributed by atoms with Gasteiger partial charge in [-0.1, -0.05) is 24.3 Å². The first kappa shape index (κ1) is 12.0. The molecule has 0 saturated carbocycles. The number of nitrogens with zero attached hydrogens (tertiary/aromatic N) is 2. The predicted molar refractivity (Wildman–Crippen MR) is 70.5 cm³/mol. The molecule has 0 atom stereocenters. The lowest BCUT2D eigenvalue weighted by atomic mass is 10.2. The van der Waals surface area contributed by atoms with Crippen molar-refractivity contribution in [3.8, 4) is 0 Å². The van der Waals surface area contributed by atoms with Gasteiger partial charge in [0.1, 0.15) is 0 Å². The third-order valence-electron chi connectivity index (χ3n) is 2.14. The maximum Gasteiger partial charge on any atom is 0.229 e. The van der Waals surface area contributed by atoms with E-state index in [2.05, 4.69) is 21.4 Å². The highest BCUT2D eigenvalue weighted by molar-refractivity contribution is 5.86. The van der Waals surface area contributed by atoms with E-state index in [4.69, 9.17) is 0 Å². The molecule has 0 aliphatic rings. The minimum atomic E-state index is -0.186. The zero-order chi connectivity index (χ0) is 12.8. The molecule has 0 saturated heterocycles. The summed E-state index contributed by atoms with van der Waals surface area (Å²) in [7, 11) is 0. The molecule has 1 heterocycles. The summed E-state index contributed by atoms with van der Waals surface area (Å²) in [5, 5.41) is 2.54. The monoisotopic (exact) mass is 238 g/mol. The Bertz CT molecular complexity index is 564. The Morgan fingerprint density at radius 1 is 1.39 bits per heavy atom. The highest BCUT2D eigenvalue weighted by Crippen LogP contribution is 2.07. The second-order valence-electron chi connectivity index (χ2n) is 3.66. The number of anilines is 1. The van der Waals surface area contributed by atoms with Gasteiger partial charge in [-0.05, 0) is 29.8 Å². The number of rotatable bonds is 3. The molecule has 0 unspecified atom stereocenters. The Kier molecular flexibility index (Phi) is 3.81. The summed E-state index contributed by atoms with van der Waals surface area (Å²) in [6.45, 7) is 1.42. The van der Waals surface area contributed by atoms with Crippen LogP contribution in [-0.4, -0.2) is 15.9 Å². The van der Waals surface area contributed by atoms with Crippen LogP contribution in [0.2, 0.25) is 0 Å². The number of carbonyl (C=O) groups excluding carboxylic acids is 1. The van der Waals surface area contributed by atoms with E-state index in [0.717, 1.165) is 11.3 Å². The van der Waals surface area contributed by atoms with Crippen molar-refractivity contribution in [2.75, 3.05) is 5.32 Å². The normalized spacial score (nSPS) is 10.5. The number of hydrogen-bond acceptors (Lipinski definition) is 3. The minimum absolute atomic E-state index is 0.186. The molecule has 0 bridgehead atoms. The summed E-state index contributed by atoms with van der Waals surface area (Å²) >= 11 is 0. The van der Waals surface area contributed by atoms with Gasteiger partial charge >= 0.3 is 0 Å². The molecule has 0 spiro atoms. The van der Waals surface area contributed by atoms with Gasteiger partial charge in [-0.15, -0.1) is 0 Å². The van der Waals surface area contributed by atoms with E-state index < -0.39 is 0 Å². The molecule has 1 radical (unpaired) electrons. The molecule has 2 aromatic rings. The van der Waals surface area contributed by atoms with Crippen molar-refractivity contribution >= 4 is 24.0 Å². The van der Waals surface area contributed by atoms with Gasteiger partial charge in [0.15, 0.2) is 0 Å². The molecule has 1 amide bonds. The molecule has 0 aliphatic carbocycles. The van der Waals surface area contributed by atoms with Crippen molar-refractivity contribution in [2.24, 2.45) is 0 Å². The van der Waals surface area contributed by atoms with Crippen molar-refractivity contribution in [3.05, 3.63) is 53.9 Å². The SMILES string of the molecule is CC(=O)Nc1nccc(C=Cc2c[c]ccc2)n1. The number of carbonyl (C=O) groups is 1. The van der Waals surface area contributed by atoms with Gasteiger partial charge in [0, 0.05) is 13.1 Å². The number of benzene rings is 1.